The van der Waals surface area contributed by atoms with Gasteiger partial charge in [0.25, 0.3) is 11.8 Å². The quantitative estimate of drug-likeness (QED) is 0.867. The molecule has 0 aliphatic heterocycles. The van der Waals surface area contributed by atoms with E-state index in [2.05, 4.69) is 15.4 Å². The van der Waals surface area contributed by atoms with E-state index in [-0.39, 0.29) is 18.4 Å². The molecule has 0 radical (unpaired) electrons. The summed E-state index contributed by atoms with van der Waals surface area (Å²) in [5.74, 6) is -3.74. The van der Waals surface area contributed by atoms with Gasteiger partial charge in [-0.2, -0.15) is 5.10 Å². The predicted molar refractivity (Wildman–Crippen MR) is 69.0 cm³/mol. The number of amides is 1. The molecule has 0 spiro atoms. The molecule has 6 nitrogen and oxygen atoms in total. The molecular weight excluding hydrogens is 282 g/mol. The summed E-state index contributed by atoms with van der Waals surface area (Å²) in [5.41, 5.74) is 0.531. The first-order chi connectivity index (χ1) is 9.99. The summed E-state index contributed by atoms with van der Waals surface area (Å²) in [5, 5.41) is 16.1. The summed E-state index contributed by atoms with van der Waals surface area (Å²) >= 11 is 0. The van der Waals surface area contributed by atoms with Gasteiger partial charge in [0.2, 0.25) is 0 Å². The maximum absolute atomic E-state index is 13.5. The number of rotatable bonds is 2. The van der Waals surface area contributed by atoms with Crippen LogP contribution < -0.4 is 5.32 Å². The highest BCUT2D eigenvalue weighted by atomic mass is 19.3. The van der Waals surface area contributed by atoms with Crippen molar-refractivity contribution in [1.82, 2.24) is 19.9 Å². The van der Waals surface area contributed by atoms with Crippen LogP contribution in [0.2, 0.25) is 0 Å². The number of nitrogens with zero attached hydrogens (tertiary/aromatic N) is 3. The van der Waals surface area contributed by atoms with Crippen LogP contribution in [0.3, 0.4) is 0 Å². The number of halogens is 2. The van der Waals surface area contributed by atoms with Gasteiger partial charge in [0.1, 0.15) is 11.7 Å². The van der Waals surface area contributed by atoms with E-state index in [1.807, 2.05) is 0 Å². The van der Waals surface area contributed by atoms with Crippen molar-refractivity contribution in [2.75, 3.05) is 0 Å². The number of aliphatic hydroxyl groups is 1. The molecule has 2 atom stereocenters. The molecule has 2 N–H and O–H groups in total. The van der Waals surface area contributed by atoms with Gasteiger partial charge in [-0.1, -0.05) is 0 Å². The summed E-state index contributed by atoms with van der Waals surface area (Å²) in [6, 6.07) is 0.688. The van der Waals surface area contributed by atoms with Gasteiger partial charge in [-0.25, -0.2) is 18.3 Å². The molecule has 0 saturated heterocycles. The molecular formula is C13H14F2N4O2. The third-order valence-corrected chi connectivity index (χ3v) is 3.68. The zero-order chi connectivity index (χ0) is 15.0. The van der Waals surface area contributed by atoms with E-state index >= 15 is 0 Å². The predicted octanol–water partition coefficient (Wildman–Crippen LogP) is 1.01. The number of nitrogens with one attached hydrogen (secondary N) is 1. The fourth-order valence-corrected chi connectivity index (χ4v) is 2.54. The Morgan fingerprint density at radius 3 is 3.14 bits per heavy atom. The zero-order valence-corrected chi connectivity index (χ0v) is 11.0. The highest BCUT2D eigenvalue weighted by Crippen LogP contribution is 2.33. The minimum absolute atomic E-state index is 0.191. The monoisotopic (exact) mass is 296 g/mol. The molecule has 21 heavy (non-hydrogen) atoms. The lowest BCUT2D eigenvalue weighted by molar-refractivity contribution is -0.141. The van der Waals surface area contributed by atoms with E-state index in [4.69, 9.17) is 0 Å². The van der Waals surface area contributed by atoms with Crippen LogP contribution in [0.1, 0.15) is 29.6 Å². The smallest absolute Gasteiger partial charge is 0.275 e. The summed E-state index contributed by atoms with van der Waals surface area (Å²) in [6.45, 7) is 0. The summed E-state index contributed by atoms with van der Waals surface area (Å²) in [6.07, 6.45) is 2.80. The molecule has 1 fully saturated rings. The standard InChI is InChI=1S/C13H14F2N4O2/c14-13(15)4-1-3-9(10(13)20)18-12(21)8-7-17-19-6-2-5-16-11(8)19/h2,5-7,9-10,20H,1,3-4H2,(H,18,21)/t9-,10+/m0/s1. The van der Waals surface area contributed by atoms with Crippen LogP contribution >= 0.6 is 0 Å². The number of carbonyl (C=O) groups is 1. The van der Waals surface area contributed by atoms with Gasteiger partial charge < -0.3 is 10.4 Å². The van der Waals surface area contributed by atoms with Crippen molar-refractivity contribution in [3.05, 3.63) is 30.2 Å². The molecule has 1 saturated carbocycles. The first kappa shape index (κ1) is 13.9. The number of carbonyl (C=O) groups excluding carboxylic acids is 1. The van der Waals surface area contributed by atoms with Crippen molar-refractivity contribution in [2.24, 2.45) is 0 Å². The Morgan fingerprint density at radius 1 is 1.52 bits per heavy atom. The third-order valence-electron chi connectivity index (χ3n) is 3.68. The van der Waals surface area contributed by atoms with E-state index in [1.165, 1.54) is 16.9 Å². The molecule has 3 rings (SSSR count). The second-order valence-corrected chi connectivity index (χ2v) is 5.12. The van der Waals surface area contributed by atoms with Crippen LogP contribution in [0.5, 0.6) is 0 Å². The minimum atomic E-state index is -3.17. The van der Waals surface area contributed by atoms with Crippen LogP contribution in [-0.2, 0) is 0 Å². The van der Waals surface area contributed by atoms with E-state index < -0.39 is 24.0 Å². The molecule has 2 heterocycles. The summed E-state index contributed by atoms with van der Waals surface area (Å²) in [4.78, 5) is 16.2. The molecule has 1 amide bonds. The highest BCUT2D eigenvalue weighted by Gasteiger charge is 2.46. The number of hydrogen-bond donors (Lipinski definition) is 2. The molecule has 1 aliphatic carbocycles. The third kappa shape index (κ3) is 2.46. The second-order valence-electron chi connectivity index (χ2n) is 5.12. The van der Waals surface area contributed by atoms with E-state index in [1.54, 1.807) is 12.3 Å². The number of alkyl halides is 2. The Morgan fingerprint density at radius 2 is 2.33 bits per heavy atom. The molecule has 112 valence electrons. The van der Waals surface area contributed by atoms with E-state index in [0.29, 0.717) is 12.1 Å². The number of aromatic nitrogens is 3. The van der Waals surface area contributed by atoms with Crippen LogP contribution in [0.4, 0.5) is 8.78 Å². The Labute approximate surface area is 118 Å². The average molecular weight is 296 g/mol. The molecule has 2 aromatic rings. The fraction of sp³-hybridized carbons (Fsp3) is 0.462. The maximum Gasteiger partial charge on any atom is 0.275 e. The van der Waals surface area contributed by atoms with E-state index in [9.17, 15) is 18.7 Å². The number of hydrogen-bond acceptors (Lipinski definition) is 4. The Hall–Kier alpha value is -2.09. The second kappa shape index (κ2) is 5.03. The van der Waals surface area contributed by atoms with Crippen molar-refractivity contribution in [3.63, 3.8) is 0 Å². The lowest BCUT2D eigenvalue weighted by Crippen LogP contribution is -2.54. The average Bonchev–Trinajstić information content (AvgIpc) is 2.88. The van der Waals surface area contributed by atoms with Crippen molar-refractivity contribution in [3.8, 4) is 0 Å². The molecule has 0 aromatic carbocycles. The van der Waals surface area contributed by atoms with Gasteiger partial charge in [0.05, 0.1) is 12.2 Å². The van der Waals surface area contributed by atoms with Gasteiger partial charge in [-0.3, -0.25) is 4.79 Å². The zero-order valence-electron chi connectivity index (χ0n) is 11.0. The largest absolute Gasteiger partial charge is 0.385 e. The first-order valence-electron chi connectivity index (χ1n) is 6.64. The Bertz CT molecular complexity index is 673. The Kier molecular flexibility index (Phi) is 3.32. The number of aliphatic hydroxyl groups excluding tert-OH is 1. The Balaban J connectivity index is 1.80. The lowest BCUT2D eigenvalue weighted by atomic mass is 9.89. The fourth-order valence-electron chi connectivity index (χ4n) is 2.54. The van der Waals surface area contributed by atoms with Crippen LogP contribution in [0, 0.1) is 0 Å². The van der Waals surface area contributed by atoms with Crippen molar-refractivity contribution >= 4 is 11.6 Å². The van der Waals surface area contributed by atoms with E-state index in [0.717, 1.165) is 0 Å². The first-order valence-corrected chi connectivity index (χ1v) is 6.64. The molecule has 2 aromatic heterocycles. The highest BCUT2D eigenvalue weighted by molar-refractivity contribution is 5.99. The molecule has 0 bridgehead atoms. The summed E-state index contributed by atoms with van der Waals surface area (Å²) in [7, 11) is 0. The van der Waals surface area contributed by atoms with Gasteiger partial charge in [0, 0.05) is 18.8 Å². The van der Waals surface area contributed by atoms with Crippen molar-refractivity contribution in [1.29, 1.82) is 0 Å². The van der Waals surface area contributed by atoms with Crippen LogP contribution in [0.25, 0.3) is 5.65 Å². The maximum atomic E-state index is 13.5. The number of fused-ring (bicyclic) bond motifs is 1. The molecule has 8 heteroatoms. The van der Waals surface area contributed by atoms with Gasteiger partial charge >= 0.3 is 0 Å². The molecule has 0 unspecified atom stereocenters. The normalized spacial score (nSPS) is 24.9. The SMILES string of the molecule is O=C(N[C@H]1CCCC(F)(F)[C@@H]1O)c1cnn2cccnc12. The summed E-state index contributed by atoms with van der Waals surface area (Å²) < 4.78 is 28.3. The van der Waals surface area contributed by atoms with Crippen molar-refractivity contribution in [2.45, 2.75) is 37.3 Å². The minimum Gasteiger partial charge on any atom is -0.385 e. The van der Waals surface area contributed by atoms with Gasteiger partial charge in [-0.15, -0.1) is 0 Å². The van der Waals surface area contributed by atoms with Gasteiger partial charge in [-0.05, 0) is 18.9 Å². The lowest BCUT2D eigenvalue weighted by Gasteiger charge is -2.34. The topological polar surface area (TPSA) is 79.5 Å². The van der Waals surface area contributed by atoms with Gasteiger partial charge in [0.15, 0.2) is 5.65 Å². The van der Waals surface area contributed by atoms with Crippen LogP contribution in [-0.4, -0.2) is 43.7 Å². The van der Waals surface area contributed by atoms with Crippen molar-refractivity contribution < 1.29 is 18.7 Å². The van der Waals surface area contributed by atoms with Crippen LogP contribution in [0.15, 0.2) is 24.7 Å². The molecule has 1 aliphatic rings.